The quantitative estimate of drug-likeness (QED) is 0.838. The first kappa shape index (κ1) is 14.0. The number of aliphatic hydroxyl groups excluding tert-OH is 1. The SMILES string of the molecule is CCc1ccc(OC)c(S(=O)(=O)CCCO)c1. The van der Waals surface area contributed by atoms with Gasteiger partial charge in [-0.3, -0.25) is 0 Å². The molecule has 0 unspecified atom stereocenters. The van der Waals surface area contributed by atoms with Crippen molar-refractivity contribution in [3.05, 3.63) is 23.8 Å². The summed E-state index contributed by atoms with van der Waals surface area (Å²) < 4.78 is 29.2. The minimum atomic E-state index is -3.38. The Bertz CT molecular complexity index is 465. The van der Waals surface area contributed by atoms with E-state index in [4.69, 9.17) is 9.84 Å². The maximum absolute atomic E-state index is 12.0. The van der Waals surface area contributed by atoms with E-state index < -0.39 is 9.84 Å². The van der Waals surface area contributed by atoms with E-state index in [0.717, 1.165) is 12.0 Å². The summed E-state index contributed by atoms with van der Waals surface area (Å²) in [6, 6.07) is 5.17. The van der Waals surface area contributed by atoms with Gasteiger partial charge < -0.3 is 9.84 Å². The molecule has 1 aromatic rings. The Kier molecular flexibility index (Phi) is 4.96. The summed E-state index contributed by atoms with van der Waals surface area (Å²) in [5.74, 6) is 0.299. The van der Waals surface area contributed by atoms with Crippen LogP contribution in [0.3, 0.4) is 0 Å². The van der Waals surface area contributed by atoms with Crippen LogP contribution in [0.2, 0.25) is 0 Å². The Morgan fingerprint density at radius 1 is 1.35 bits per heavy atom. The van der Waals surface area contributed by atoms with Crippen molar-refractivity contribution in [2.45, 2.75) is 24.7 Å². The Morgan fingerprint density at radius 2 is 2.06 bits per heavy atom. The summed E-state index contributed by atoms with van der Waals surface area (Å²) in [7, 11) is -1.93. The molecule has 0 atom stereocenters. The average molecular weight is 258 g/mol. The lowest BCUT2D eigenvalue weighted by Gasteiger charge is -2.10. The first-order chi connectivity index (χ1) is 8.05. The molecule has 5 heteroatoms. The molecule has 0 aromatic heterocycles. The number of aryl methyl sites for hydroxylation is 1. The Hall–Kier alpha value is -1.07. The van der Waals surface area contributed by atoms with Gasteiger partial charge in [0.25, 0.3) is 0 Å². The fourth-order valence-electron chi connectivity index (χ4n) is 1.55. The summed E-state index contributed by atoms with van der Waals surface area (Å²) in [6.45, 7) is 1.83. The van der Waals surface area contributed by atoms with Gasteiger partial charge in [-0.2, -0.15) is 0 Å². The molecular weight excluding hydrogens is 240 g/mol. The zero-order valence-electron chi connectivity index (χ0n) is 10.1. The third-order valence-electron chi connectivity index (χ3n) is 2.54. The van der Waals surface area contributed by atoms with Crippen molar-refractivity contribution in [1.82, 2.24) is 0 Å². The highest BCUT2D eigenvalue weighted by molar-refractivity contribution is 7.91. The van der Waals surface area contributed by atoms with Crippen LogP contribution in [0.1, 0.15) is 18.9 Å². The van der Waals surface area contributed by atoms with Gasteiger partial charge in [0.2, 0.25) is 0 Å². The molecule has 0 heterocycles. The zero-order valence-corrected chi connectivity index (χ0v) is 11.0. The minimum Gasteiger partial charge on any atom is -0.495 e. The fraction of sp³-hybridized carbons (Fsp3) is 0.500. The van der Waals surface area contributed by atoms with Gasteiger partial charge in [-0.1, -0.05) is 13.0 Å². The van der Waals surface area contributed by atoms with E-state index in [-0.39, 0.29) is 23.7 Å². The number of hydrogen-bond acceptors (Lipinski definition) is 4. The molecule has 1 aromatic carbocycles. The van der Waals surface area contributed by atoms with Crippen molar-refractivity contribution in [1.29, 1.82) is 0 Å². The fourth-order valence-corrected chi connectivity index (χ4v) is 3.07. The molecule has 0 aliphatic carbocycles. The molecule has 0 spiro atoms. The van der Waals surface area contributed by atoms with Crippen LogP contribution >= 0.6 is 0 Å². The molecule has 17 heavy (non-hydrogen) atoms. The molecule has 0 fully saturated rings. The summed E-state index contributed by atoms with van der Waals surface area (Å²) in [4.78, 5) is 0.216. The molecule has 0 amide bonds. The van der Waals surface area contributed by atoms with E-state index in [0.29, 0.717) is 5.75 Å². The maximum Gasteiger partial charge on any atom is 0.182 e. The van der Waals surface area contributed by atoms with Crippen molar-refractivity contribution < 1.29 is 18.3 Å². The molecule has 0 aliphatic heterocycles. The highest BCUT2D eigenvalue weighted by Gasteiger charge is 2.19. The predicted molar refractivity (Wildman–Crippen MR) is 66.1 cm³/mol. The molecule has 0 bridgehead atoms. The highest BCUT2D eigenvalue weighted by Crippen LogP contribution is 2.26. The third kappa shape index (κ3) is 3.44. The second kappa shape index (κ2) is 6.02. The summed E-state index contributed by atoms with van der Waals surface area (Å²) in [5.41, 5.74) is 0.952. The van der Waals surface area contributed by atoms with Gasteiger partial charge in [0.15, 0.2) is 9.84 Å². The van der Waals surface area contributed by atoms with Gasteiger partial charge in [-0.05, 0) is 30.5 Å². The Balaban J connectivity index is 3.17. The molecule has 0 saturated heterocycles. The number of sulfone groups is 1. The number of aliphatic hydroxyl groups is 1. The first-order valence-corrected chi connectivity index (χ1v) is 7.21. The van der Waals surface area contributed by atoms with Gasteiger partial charge in [-0.15, -0.1) is 0 Å². The van der Waals surface area contributed by atoms with Crippen LogP contribution in [0.15, 0.2) is 23.1 Å². The highest BCUT2D eigenvalue weighted by atomic mass is 32.2. The van der Waals surface area contributed by atoms with Crippen molar-refractivity contribution in [3.63, 3.8) is 0 Å². The molecule has 4 nitrogen and oxygen atoms in total. The van der Waals surface area contributed by atoms with Crippen molar-refractivity contribution >= 4 is 9.84 Å². The van der Waals surface area contributed by atoms with Crippen LogP contribution in [0.4, 0.5) is 0 Å². The predicted octanol–water partition coefficient (Wildman–Crippen LogP) is 1.41. The molecule has 0 radical (unpaired) electrons. The number of benzene rings is 1. The van der Waals surface area contributed by atoms with Gasteiger partial charge >= 0.3 is 0 Å². The summed E-state index contributed by atoms with van der Waals surface area (Å²) >= 11 is 0. The number of hydrogen-bond donors (Lipinski definition) is 1. The Labute approximate surface area is 102 Å². The van der Waals surface area contributed by atoms with Gasteiger partial charge in [0.1, 0.15) is 10.6 Å². The number of rotatable bonds is 6. The zero-order chi connectivity index (χ0) is 12.9. The molecule has 0 saturated carbocycles. The van der Waals surface area contributed by atoms with Crippen LogP contribution < -0.4 is 4.74 Å². The van der Waals surface area contributed by atoms with E-state index in [1.807, 2.05) is 13.0 Å². The summed E-state index contributed by atoms with van der Waals surface area (Å²) in [6.07, 6.45) is 1.01. The molecule has 1 rings (SSSR count). The number of methoxy groups -OCH3 is 1. The normalized spacial score (nSPS) is 11.5. The topological polar surface area (TPSA) is 63.6 Å². The van der Waals surface area contributed by atoms with E-state index in [1.54, 1.807) is 12.1 Å². The summed E-state index contributed by atoms with van der Waals surface area (Å²) in [5, 5.41) is 8.71. The monoisotopic (exact) mass is 258 g/mol. The van der Waals surface area contributed by atoms with Crippen molar-refractivity contribution in [2.75, 3.05) is 19.5 Å². The molecule has 1 N–H and O–H groups in total. The number of ether oxygens (including phenoxy) is 1. The smallest absolute Gasteiger partial charge is 0.182 e. The minimum absolute atomic E-state index is 0.0625. The van der Waals surface area contributed by atoms with Crippen LogP contribution in [-0.2, 0) is 16.3 Å². The van der Waals surface area contributed by atoms with Crippen LogP contribution in [0.5, 0.6) is 5.75 Å². The van der Waals surface area contributed by atoms with E-state index in [2.05, 4.69) is 0 Å². The first-order valence-electron chi connectivity index (χ1n) is 5.55. The van der Waals surface area contributed by atoms with Crippen molar-refractivity contribution in [2.24, 2.45) is 0 Å². The van der Waals surface area contributed by atoms with E-state index in [1.165, 1.54) is 7.11 Å². The van der Waals surface area contributed by atoms with Crippen LogP contribution in [0.25, 0.3) is 0 Å². The van der Waals surface area contributed by atoms with Crippen LogP contribution in [-0.4, -0.2) is 33.0 Å². The van der Waals surface area contributed by atoms with Gasteiger partial charge in [-0.25, -0.2) is 8.42 Å². The standard InChI is InChI=1S/C12H18O4S/c1-3-10-5-6-11(16-2)12(9-10)17(14,15)8-4-7-13/h5-6,9,13H,3-4,7-8H2,1-2H3. The maximum atomic E-state index is 12.0. The van der Waals surface area contributed by atoms with Gasteiger partial charge in [0, 0.05) is 6.61 Å². The molecular formula is C12H18O4S. The lowest BCUT2D eigenvalue weighted by atomic mass is 10.2. The Morgan fingerprint density at radius 3 is 2.59 bits per heavy atom. The molecule has 96 valence electrons. The van der Waals surface area contributed by atoms with Crippen LogP contribution in [0, 0.1) is 0 Å². The lowest BCUT2D eigenvalue weighted by molar-refractivity contribution is 0.295. The van der Waals surface area contributed by atoms with Crippen molar-refractivity contribution in [3.8, 4) is 5.75 Å². The van der Waals surface area contributed by atoms with E-state index >= 15 is 0 Å². The van der Waals surface area contributed by atoms with Gasteiger partial charge in [0.05, 0.1) is 12.9 Å². The third-order valence-corrected chi connectivity index (χ3v) is 4.36. The second-order valence-corrected chi connectivity index (χ2v) is 5.81. The second-order valence-electron chi connectivity index (χ2n) is 3.73. The molecule has 0 aliphatic rings. The lowest BCUT2D eigenvalue weighted by Crippen LogP contribution is -2.10. The average Bonchev–Trinajstić information content (AvgIpc) is 2.35. The largest absolute Gasteiger partial charge is 0.495 e. The van der Waals surface area contributed by atoms with E-state index in [9.17, 15) is 8.42 Å².